The number of carbonyl (C=O) groups excluding carboxylic acids is 1. The molecule has 2 fully saturated rings. The fourth-order valence-electron chi connectivity index (χ4n) is 3.19. The molecule has 19 heavy (non-hydrogen) atoms. The van der Waals surface area contributed by atoms with Crippen LogP contribution in [0.1, 0.15) is 46.5 Å². The maximum Gasteiger partial charge on any atom is 0.242 e. The third kappa shape index (κ3) is 3.11. The van der Waals surface area contributed by atoms with Crippen molar-refractivity contribution < 1.29 is 4.79 Å². The first kappa shape index (κ1) is 14.8. The van der Waals surface area contributed by atoms with Gasteiger partial charge in [0.25, 0.3) is 0 Å². The van der Waals surface area contributed by atoms with Gasteiger partial charge in [0.1, 0.15) is 0 Å². The Morgan fingerprint density at radius 3 is 2.21 bits per heavy atom. The second-order valence-electron chi connectivity index (χ2n) is 6.83. The molecule has 2 N–H and O–H groups in total. The first-order valence-electron chi connectivity index (χ1n) is 7.64. The van der Waals surface area contributed by atoms with E-state index in [1.54, 1.807) is 0 Å². The highest BCUT2D eigenvalue weighted by molar-refractivity contribution is 5.86. The van der Waals surface area contributed by atoms with Crippen LogP contribution in [0.2, 0.25) is 0 Å². The molecule has 4 nitrogen and oxygen atoms in total. The molecule has 1 atom stereocenters. The van der Waals surface area contributed by atoms with Crippen molar-refractivity contribution in [1.82, 2.24) is 9.80 Å². The van der Waals surface area contributed by atoms with E-state index in [0.717, 1.165) is 38.8 Å². The van der Waals surface area contributed by atoms with Gasteiger partial charge in [-0.25, -0.2) is 0 Å². The van der Waals surface area contributed by atoms with Crippen LogP contribution in [0.15, 0.2) is 0 Å². The van der Waals surface area contributed by atoms with Gasteiger partial charge in [-0.1, -0.05) is 0 Å². The quantitative estimate of drug-likeness (QED) is 0.838. The molecule has 1 aliphatic carbocycles. The van der Waals surface area contributed by atoms with Gasteiger partial charge in [-0.2, -0.15) is 0 Å². The lowest BCUT2D eigenvalue weighted by Gasteiger charge is -2.40. The van der Waals surface area contributed by atoms with Crippen molar-refractivity contribution in [2.45, 2.75) is 64.1 Å². The summed E-state index contributed by atoms with van der Waals surface area (Å²) in [5.41, 5.74) is 5.60. The monoisotopic (exact) mass is 267 g/mol. The predicted octanol–water partition coefficient (Wildman–Crippen LogP) is 1.45. The summed E-state index contributed by atoms with van der Waals surface area (Å²) < 4.78 is 0. The highest BCUT2D eigenvalue weighted by atomic mass is 16.2. The van der Waals surface area contributed by atoms with Crippen molar-refractivity contribution in [3.63, 3.8) is 0 Å². The number of likely N-dealkylation sites (N-methyl/N-ethyl adjacent to an activating group) is 1. The standard InChI is InChI=1S/C15H29N3O/c1-11(2)18-9-7-13(8-10-18)17(4)14(19)15(3,16)12-5-6-12/h11-13H,5-10,16H2,1-4H3. The first-order chi connectivity index (χ1) is 8.84. The minimum Gasteiger partial charge on any atom is -0.341 e. The van der Waals surface area contributed by atoms with Crippen LogP contribution in [0.5, 0.6) is 0 Å². The lowest BCUT2D eigenvalue weighted by atomic mass is 9.93. The van der Waals surface area contributed by atoms with Crippen molar-refractivity contribution in [2.24, 2.45) is 11.7 Å². The molecule has 1 unspecified atom stereocenters. The third-order valence-electron chi connectivity index (χ3n) is 4.98. The molecule has 110 valence electrons. The molecule has 0 bridgehead atoms. The SMILES string of the molecule is CC(C)N1CCC(N(C)C(=O)C(C)(N)C2CC2)CC1. The van der Waals surface area contributed by atoms with Gasteiger partial charge in [-0.05, 0) is 52.4 Å². The summed E-state index contributed by atoms with van der Waals surface area (Å²) in [6.07, 6.45) is 4.36. The molecular weight excluding hydrogens is 238 g/mol. The first-order valence-corrected chi connectivity index (χ1v) is 7.64. The van der Waals surface area contributed by atoms with Crippen LogP contribution in [0.3, 0.4) is 0 Å². The lowest BCUT2D eigenvalue weighted by molar-refractivity contribution is -0.139. The zero-order valence-electron chi connectivity index (χ0n) is 12.9. The summed E-state index contributed by atoms with van der Waals surface area (Å²) in [4.78, 5) is 17.0. The van der Waals surface area contributed by atoms with Gasteiger partial charge in [0, 0.05) is 32.2 Å². The van der Waals surface area contributed by atoms with Crippen LogP contribution in [0, 0.1) is 5.92 Å². The molecule has 0 aromatic carbocycles. The molecule has 1 aliphatic heterocycles. The molecule has 0 aromatic rings. The Labute approximate surface area is 117 Å². The number of nitrogens with zero attached hydrogens (tertiary/aromatic N) is 2. The summed E-state index contributed by atoms with van der Waals surface area (Å²) in [5.74, 6) is 0.538. The Bertz CT molecular complexity index is 328. The second kappa shape index (κ2) is 5.41. The van der Waals surface area contributed by atoms with E-state index < -0.39 is 5.54 Å². The van der Waals surface area contributed by atoms with Gasteiger partial charge in [0.05, 0.1) is 5.54 Å². The van der Waals surface area contributed by atoms with E-state index in [2.05, 4.69) is 18.7 Å². The Morgan fingerprint density at radius 2 is 1.79 bits per heavy atom. The largest absolute Gasteiger partial charge is 0.341 e. The summed E-state index contributed by atoms with van der Waals surface area (Å²) in [5, 5.41) is 0. The molecule has 0 spiro atoms. The number of hydrogen-bond donors (Lipinski definition) is 1. The summed E-state index contributed by atoms with van der Waals surface area (Å²) in [7, 11) is 1.94. The lowest BCUT2D eigenvalue weighted by Crippen LogP contribution is -2.57. The third-order valence-corrected chi connectivity index (χ3v) is 4.98. The van der Waals surface area contributed by atoms with Gasteiger partial charge in [-0.3, -0.25) is 4.79 Å². The van der Waals surface area contributed by atoms with Crippen LogP contribution in [-0.4, -0.2) is 53.5 Å². The maximum absolute atomic E-state index is 12.5. The number of nitrogens with two attached hydrogens (primary N) is 1. The molecule has 1 amide bonds. The molecule has 1 saturated heterocycles. The number of likely N-dealkylation sites (tertiary alicyclic amines) is 1. The molecule has 1 saturated carbocycles. The van der Waals surface area contributed by atoms with Crippen molar-refractivity contribution >= 4 is 5.91 Å². The van der Waals surface area contributed by atoms with E-state index in [9.17, 15) is 4.79 Å². The topological polar surface area (TPSA) is 49.6 Å². The molecule has 1 heterocycles. The normalized spacial score (nSPS) is 25.4. The average Bonchev–Trinajstić information content (AvgIpc) is 3.21. The molecular formula is C15H29N3O. The Morgan fingerprint density at radius 1 is 1.26 bits per heavy atom. The van der Waals surface area contributed by atoms with E-state index in [-0.39, 0.29) is 5.91 Å². The summed E-state index contributed by atoms with van der Waals surface area (Å²) in [6.45, 7) is 8.56. The zero-order valence-corrected chi connectivity index (χ0v) is 12.9. The van der Waals surface area contributed by atoms with Crippen LogP contribution >= 0.6 is 0 Å². The second-order valence-corrected chi connectivity index (χ2v) is 6.83. The number of piperidine rings is 1. The number of amides is 1. The number of carbonyl (C=O) groups is 1. The van der Waals surface area contributed by atoms with Crippen molar-refractivity contribution in [3.05, 3.63) is 0 Å². The molecule has 4 heteroatoms. The molecule has 2 aliphatic rings. The van der Waals surface area contributed by atoms with Crippen molar-refractivity contribution in [1.29, 1.82) is 0 Å². The maximum atomic E-state index is 12.5. The minimum atomic E-state index is -0.649. The summed E-state index contributed by atoms with van der Waals surface area (Å²) >= 11 is 0. The van der Waals surface area contributed by atoms with Gasteiger partial charge >= 0.3 is 0 Å². The van der Waals surface area contributed by atoms with E-state index in [4.69, 9.17) is 5.73 Å². The van der Waals surface area contributed by atoms with Gasteiger partial charge in [0.2, 0.25) is 5.91 Å². The number of hydrogen-bond acceptors (Lipinski definition) is 3. The highest BCUT2D eigenvalue weighted by Crippen LogP contribution is 2.39. The van der Waals surface area contributed by atoms with E-state index >= 15 is 0 Å². The smallest absolute Gasteiger partial charge is 0.242 e. The van der Waals surface area contributed by atoms with Gasteiger partial charge in [-0.15, -0.1) is 0 Å². The van der Waals surface area contributed by atoms with Gasteiger partial charge in [0.15, 0.2) is 0 Å². The van der Waals surface area contributed by atoms with Crippen LogP contribution < -0.4 is 5.73 Å². The Hall–Kier alpha value is -0.610. The minimum absolute atomic E-state index is 0.137. The van der Waals surface area contributed by atoms with Crippen molar-refractivity contribution in [2.75, 3.05) is 20.1 Å². The van der Waals surface area contributed by atoms with Crippen LogP contribution in [-0.2, 0) is 4.79 Å². The Balaban J connectivity index is 1.90. The molecule has 2 rings (SSSR count). The van der Waals surface area contributed by atoms with Gasteiger partial charge < -0.3 is 15.5 Å². The fraction of sp³-hybridized carbons (Fsp3) is 0.933. The fourth-order valence-corrected chi connectivity index (χ4v) is 3.19. The highest BCUT2D eigenvalue weighted by Gasteiger charge is 2.46. The Kier molecular flexibility index (Phi) is 4.21. The molecule has 0 aromatic heterocycles. The van der Waals surface area contributed by atoms with E-state index in [1.165, 1.54) is 0 Å². The predicted molar refractivity (Wildman–Crippen MR) is 77.8 cm³/mol. The summed E-state index contributed by atoms with van der Waals surface area (Å²) in [6, 6.07) is 0.970. The zero-order chi connectivity index (χ0) is 14.2. The molecule has 0 radical (unpaired) electrons. The van der Waals surface area contributed by atoms with E-state index in [0.29, 0.717) is 18.0 Å². The van der Waals surface area contributed by atoms with Crippen molar-refractivity contribution in [3.8, 4) is 0 Å². The van der Waals surface area contributed by atoms with Crippen LogP contribution in [0.25, 0.3) is 0 Å². The van der Waals surface area contributed by atoms with Crippen LogP contribution in [0.4, 0.5) is 0 Å². The average molecular weight is 267 g/mol. The number of rotatable bonds is 4. The van der Waals surface area contributed by atoms with E-state index in [1.807, 2.05) is 18.9 Å².